The number of aliphatic carboxylic acids is 1. The zero-order valence-electron chi connectivity index (χ0n) is 15.8. The molecule has 146 valence electrons. The van der Waals surface area contributed by atoms with Crippen LogP contribution in [0, 0.1) is 0 Å². The number of carbonyl (C=O) groups excluding carboxylic acids is 1. The van der Waals surface area contributed by atoms with Gasteiger partial charge in [0.05, 0.1) is 5.57 Å². The minimum atomic E-state index is -0.900. The Hall–Kier alpha value is -3.08. The fourth-order valence-electron chi connectivity index (χ4n) is 3.25. The summed E-state index contributed by atoms with van der Waals surface area (Å²) in [4.78, 5) is 25.3. The molecular formula is C23H25NO4. The lowest BCUT2D eigenvalue weighted by Crippen LogP contribution is -2.35. The van der Waals surface area contributed by atoms with Gasteiger partial charge in [0.1, 0.15) is 6.61 Å². The predicted octanol–water partition coefficient (Wildman–Crippen LogP) is 4.63. The van der Waals surface area contributed by atoms with Crippen LogP contribution in [0.15, 0.2) is 77.4 Å². The lowest BCUT2D eigenvalue weighted by Gasteiger charge is -2.26. The van der Waals surface area contributed by atoms with Crippen molar-refractivity contribution >= 4 is 12.1 Å². The van der Waals surface area contributed by atoms with Crippen molar-refractivity contribution < 1.29 is 19.4 Å². The third kappa shape index (κ3) is 5.46. The van der Waals surface area contributed by atoms with Crippen molar-refractivity contribution in [1.29, 1.82) is 0 Å². The Morgan fingerprint density at radius 1 is 1.04 bits per heavy atom. The molecule has 0 bridgehead atoms. The van der Waals surface area contributed by atoms with Crippen LogP contribution >= 0.6 is 0 Å². The van der Waals surface area contributed by atoms with E-state index in [4.69, 9.17) is 4.74 Å². The van der Waals surface area contributed by atoms with Crippen LogP contribution in [0.2, 0.25) is 0 Å². The lowest BCUT2D eigenvalue weighted by atomic mass is 9.97. The Kier molecular flexibility index (Phi) is 6.84. The van der Waals surface area contributed by atoms with E-state index in [0.717, 1.165) is 42.4 Å². The van der Waals surface area contributed by atoms with Gasteiger partial charge in [0.15, 0.2) is 0 Å². The van der Waals surface area contributed by atoms with Crippen LogP contribution in [0.5, 0.6) is 0 Å². The van der Waals surface area contributed by atoms with E-state index >= 15 is 0 Å². The molecule has 1 aromatic rings. The first-order valence-electron chi connectivity index (χ1n) is 9.60. The van der Waals surface area contributed by atoms with E-state index < -0.39 is 5.97 Å². The zero-order valence-corrected chi connectivity index (χ0v) is 15.8. The molecule has 5 nitrogen and oxygen atoms in total. The number of hydrogen-bond donors (Lipinski definition) is 1. The lowest BCUT2D eigenvalue weighted by molar-refractivity contribution is -0.132. The van der Waals surface area contributed by atoms with Gasteiger partial charge in [-0.2, -0.15) is 0 Å². The molecule has 0 spiro atoms. The molecule has 1 aliphatic heterocycles. The summed E-state index contributed by atoms with van der Waals surface area (Å²) >= 11 is 0. The minimum absolute atomic E-state index is 0.269. The Labute approximate surface area is 165 Å². The van der Waals surface area contributed by atoms with Crippen LogP contribution in [0.4, 0.5) is 4.79 Å². The molecule has 3 rings (SSSR count). The second-order valence-electron chi connectivity index (χ2n) is 6.85. The number of rotatable bonds is 4. The Morgan fingerprint density at radius 2 is 1.82 bits per heavy atom. The molecule has 0 unspecified atom stereocenters. The van der Waals surface area contributed by atoms with E-state index in [2.05, 4.69) is 6.08 Å². The van der Waals surface area contributed by atoms with Crippen LogP contribution in [0.3, 0.4) is 0 Å². The van der Waals surface area contributed by atoms with E-state index in [9.17, 15) is 14.7 Å². The van der Waals surface area contributed by atoms with Gasteiger partial charge in [-0.15, -0.1) is 0 Å². The maximum Gasteiger partial charge on any atom is 0.410 e. The first-order valence-corrected chi connectivity index (χ1v) is 9.60. The number of carbonyl (C=O) groups is 2. The van der Waals surface area contributed by atoms with Crippen LogP contribution < -0.4 is 0 Å². The second-order valence-corrected chi connectivity index (χ2v) is 6.85. The van der Waals surface area contributed by atoms with Crippen molar-refractivity contribution in [2.75, 3.05) is 13.1 Å². The smallest absolute Gasteiger partial charge is 0.410 e. The summed E-state index contributed by atoms with van der Waals surface area (Å²) in [6.07, 6.45) is 12.5. The van der Waals surface area contributed by atoms with E-state index in [1.54, 1.807) is 17.1 Å². The molecule has 0 fully saturated rings. The molecular weight excluding hydrogens is 354 g/mol. The molecule has 28 heavy (non-hydrogen) atoms. The van der Waals surface area contributed by atoms with Crippen molar-refractivity contribution in [2.45, 2.75) is 32.3 Å². The normalized spacial score (nSPS) is 19.3. The van der Waals surface area contributed by atoms with Gasteiger partial charge in [-0.05, 0) is 48.5 Å². The Balaban J connectivity index is 1.60. The van der Waals surface area contributed by atoms with E-state index in [1.807, 2.05) is 42.5 Å². The molecule has 0 atom stereocenters. The summed E-state index contributed by atoms with van der Waals surface area (Å²) in [5, 5.41) is 9.26. The van der Waals surface area contributed by atoms with Gasteiger partial charge in [-0.1, -0.05) is 54.6 Å². The molecule has 1 heterocycles. The van der Waals surface area contributed by atoms with Crippen molar-refractivity contribution in [3.63, 3.8) is 0 Å². The standard InChI is InChI=1S/C23H25NO4/c25-22(26)21-10-6-2-5-9-19(11-12-21)20-13-15-24(16-14-20)23(27)28-17-18-7-3-1-4-8-18/h1,3-4,7-13H,2,5-6,14-17H2,(H,25,26)/b12-11?,19-9-,21-10?. The van der Waals surface area contributed by atoms with Crippen molar-refractivity contribution in [3.05, 3.63) is 83.0 Å². The van der Waals surface area contributed by atoms with Crippen molar-refractivity contribution in [3.8, 4) is 0 Å². The molecule has 1 N–H and O–H groups in total. The average Bonchev–Trinajstić information content (AvgIpc) is 2.85. The van der Waals surface area contributed by atoms with Crippen LogP contribution in [-0.4, -0.2) is 35.2 Å². The van der Waals surface area contributed by atoms with E-state index in [1.165, 1.54) is 0 Å². The van der Waals surface area contributed by atoms with Gasteiger partial charge in [0.2, 0.25) is 0 Å². The number of carboxylic acid groups (broad SMARTS) is 1. The van der Waals surface area contributed by atoms with Crippen LogP contribution in [-0.2, 0) is 16.1 Å². The SMILES string of the molecule is O=C(O)C1=CCCC/C=C(\C2=CCN(C(=O)OCc3ccccc3)CC2)C=C1. The molecule has 0 saturated carbocycles. The summed E-state index contributed by atoms with van der Waals surface area (Å²) in [6, 6.07) is 9.62. The van der Waals surface area contributed by atoms with Crippen molar-refractivity contribution in [1.82, 2.24) is 4.90 Å². The molecule has 1 amide bonds. The molecule has 0 radical (unpaired) electrons. The number of nitrogens with zero attached hydrogens (tertiary/aromatic N) is 1. The van der Waals surface area contributed by atoms with E-state index in [0.29, 0.717) is 18.7 Å². The third-order valence-corrected chi connectivity index (χ3v) is 4.87. The van der Waals surface area contributed by atoms with Gasteiger partial charge < -0.3 is 14.7 Å². The monoisotopic (exact) mass is 379 g/mol. The molecule has 0 saturated heterocycles. The van der Waals surface area contributed by atoms with Gasteiger partial charge in [0, 0.05) is 13.1 Å². The topological polar surface area (TPSA) is 66.8 Å². The Morgan fingerprint density at radius 3 is 2.54 bits per heavy atom. The highest BCUT2D eigenvalue weighted by Crippen LogP contribution is 2.23. The minimum Gasteiger partial charge on any atom is -0.478 e. The van der Waals surface area contributed by atoms with Crippen LogP contribution in [0.1, 0.15) is 31.2 Å². The highest BCUT2D eigenvalue weighted by atomic mass is 16.6. The first-order chi connectivity index (χ1) is 13.6. The van der Waals surface area contributed by atoms with Gasteiger partial charge in [-0.3, -0.25) is 0 Å². The van der Waals surface area contributed by atoms with Crippen molar-refractivity contribution in [2.24, 2.45) is 0 Å². The highest BCUT2D eigenvalue weighted by molar-refractivity contribution is 5.90. The fourth-order valence-corrected chi connectivity index (χ4v) is 3.25. The maximum atomic E-state index is 12.3. The molecule has 1 aromatic carbocycles. The number of ether oxygens (including phenoxy) is 1. The fraction of sp³-hybridized carbons (Fsp3) is 0.304. The summed E-state index contributed by atoms with van der Waals surface area (Å²) < 4.78 is 5.40. The number of allylic oxidation sites excluding steroid dienone is 4. The molecule has 1 aliphatic carbocycles. The quantitative estimate of drug-likeness (QED) is 0.828. The summed E-state index contributed by atoms with van der Waals surface area (Å²) in [6.45, 7) is 1.35. The maximum absolute atomic E-state index is 12.3. The molecule has 0 aromatic heterocycles. The summed E-state index contributed by atoms with van der Waals surface area (Å²) in [5.41, 5.74) is 3.49. The number of benzene rings is 1. The molecule has 5 heteroatoms. The highest BCUT2D eigenvalue weighted by Gasteiger charge is 2.19. The average molecular weight is 379 g/mol. The van der Waals surface area contributed by atoms with Gasteiger partial charge >= 0.3 is 12.1 Å². The predicted molar refractivity (Wildman–Crippen MR) is 108 cm³/mol. The van der Waals surface area contributed by atoms with Crippen LogP contribution in [0.25, 0.3) is 0 Å². The second kappa shape index (κ2) is 9.74. The summed E-state index contributed by atoms with van der Waals surface area (Å²) in [7, 11) is 0. The number of amides is 1. The Bertz CT molecular complexity index is 833. The summed E-state index contributed by atoms with van der Waals surface area (Å²) in [5.74, 6) is -0.900. The van der Waals surface area contributed by atoms with Gasteiger partial charge in [-0.25, -0.2) is 9.59 Å². The van der Waals surface area contributed by atoms with Gasteiger partial charge in [0.25, 0.3) is 0 Å². The largest absolute Gasteiger partial charge is 0.478 e. The third-order valence-electron chi connectivity index (χ3n) is 4.87. The first kappa shape index (κ1) is 19.7. The number of hydrogen-bond acceptors (Lipinski definition) is 3. The number of carboxylic acids is 1. The van der Waals surface area contributed by atoms with E-state index in [-0.39, 0.29) is 12.7 Å². The zero-order chi connectivity index (χ0) is 19.8. The molecule has 2 aliphatic rings.